The van der Waals surface area contributed by atoms with Gasteiger partial charge in [-0.2, -0.15) is 5.26 Å². The monoisotopic (exact) mass is 294 g/mol. The molecule has 22 heavy (non-hydrogen) atoms. The van der Waals surface area contributed by atoms with Gasteiger partial charge >= 0.3 is 0 Å². The number of nitriles is 1. The van der Waals surface area contributed by atoms with Gasteiger partial charge in [0.2, 0.25) is 5.88 Å². The SMILES string of the molecule is C[C@H]1CC2=C(C(=O)[C@@H]1C)[C@@H](c1ccccc1)C(C#N)=C(N)O2. The molecule has 0 aromatic heterocycles. The molecule has 0 saturated heterocycles. The average molecular weight is 294 g/mol. The van der Waals surface area contributed by atoms with Gasteiger partial charge in [0.15, 0.2) is 5.78 Å². The van der Waals surface area contributed by atoms with Crippen molar-refractivity contribution < 1.29 is 9.53 Å². The van der Waals surface area contributed by atoms with Crippen molar-refractivity contribution in [3.05, 3.63) is 58.7 Å². The molecule has 4 nitrogen and oxygen atoms in total. The Morgan fingerprint density at radius 1 is 1.27 bits per heavy atom. The Hall–Kier alpha value is -2.54. The highest BCUT2D eigenvalue weighted by atomic mass is 16.5. The summed E-state index contributed by atoms with van der Waals surface area (Å²) < 4.78 is 5.63. The van der Waals surface area contributed by atoms with Gasteiger partial charge in [-0.1, -0.05) is 44.2 Å². The fourth-order valence-electron chi connectivity index (χ4n) is 3.19. The lowest BCUT2D eigenvalue weighted by atomic mass is 9.71. The molecule has 1 heterocycles. The lowest BCUT2D eigenvalue weighted by Crippen LogP contribution is -2.34. The number of carbonyl (C=O) groups is 1. The van der Waals surface area contributed by atoms with E-state index in [9.17, 15) is 10.1 Å². The van der Waals surface area contributed by atoms with Crippen LogP contribution in [0.1, 0.15) is 31.7 Å². The molecule has 3 rings (SSSR count). The molecule has 0 saturated carbocycles. The molecule has 0 spiro atoms. The fourth-order valence-corrected chi connectivity index (χ4v) is 3.19. The van der Waals surface area contributed by atoms with Crippen molar-refractivity contribution in [1.82, 2.24) is 0 Å². The van der Waals surface area contributed by atoms with Crippen LogP contribution in [-0.4, -0.2) is 5.78 Å². The number of hydrogen-bond donors (Lipinski definition) is 1. The number of allylic oxidation sites excluding steroid dienone is 3. The highest BCUT2D eigenvalue weighted by molar-refractivity contribution is 6.01. The molecule has 4 heteroatoms. The van der Waals surface area contributed by atoms with Crippen molar-refractivity contribution in [2.24, 2.45) is 17.6 Å². The third kappa shape index (κ3) is 2.10. The summed E-state index contributed by atoms with van der Waals surface area (Å²) in [6.07, 6.45) is 0.672. The predicted octanol–water partition coefficient (Wildman–Crippen LogP) is 2.99. The van der Waals surface area contributed by atoms with Gasteiger partial charge in [-0.25, -0.2) is 0 Å². The molecule has 2 aliphatic rings. The number of carbonyl (C=O) groups excluding carboxylic acids is 1. The van der Waals surface area contributed by atoms with E-state index in [2.05, 4.69) is 6.07 Å². The summed E-state index contributed by atoms with van der Waals surface area (Å²) in [4.78, 5) is 12.8. The molecular formula is C18H18N2O2. The van der Waals surface area contributed by atoms with Crippen molar-refractivity contribution in [2.45, 2.75) is 26.2 Å². The van der Waals surface area contributed by atoms with Crippen LogP contribution >= 0.6 is 0 Å². The number of ether oxygens (including phenoxy) is 1. The van der Waals surface area contributed by atoms with E-state index in [1.54, 1.807) is 0 Å². The van der Waals surface area contributed by atoms with Gasteiger partial charge in [-0.05, 0) is 11.5 Å². The second kappa shape index (κ2) is 5.34. The number of ketones is 1. The van der Waals surface area contributed by atoms with Crippen LogP contribution in [0.5, 0.6) is 0 Å². The van der Waals surface area contributed by atoms with Gasteiger partial charge in [-0.15, -0.1) is 0 Å². The number of hydrogen-bond acceptors (Lipinski definition) is 4. The number of rotatable bonds is 1. The second-order valence-corrected chi connectivity index (χ2v) is 6.01. The topological polar surface area (TPSA) is 76.1 Å². The van der Waals surface area contributed by atoms with E-state index < -0.39 is 5.92 Å². The van der Waals surface area contributed by atoms with Crippen LogP contribution in [0.4, 0.5) is 0 Å². The highest BCUT2D eigenvalue weighted by Gasteiger charge is 2.42. The van der Waals surface area contributed by atoms with Crippen molar-refractivity contribution in [2.75, 3.05) is 0 Å². The molecule has 0 radical (unpaired) electrons. The van der Waals surface area contributed by atoms with Gasteiger partial charge in [0.05, 0.1) is 5.92 Å². The second-order valence-electron chi connectivity index (χ2n) is 6.01. The van der Waals surface area contributed by atoms with Crippen molar-refractivity contribution in [3.63, 3.8) is 0 Å². The molecule has 0 amide bonds. The van der Waals surface area contributed by atoms with Crippen LogP contribution in [-0.2, 0) is 9.53 Å². The number of benzene rings is 1. The van der Waals surface area contributed by atoms with E-state index in [0.29, 0.717) is 23.3 Å². The number of nitrogens with two attached hydrogens (primary N) is 1. The van der Waals surface area contributed by atoms with Crippen LogP contribution in [0.15, 0.2) is 53.1 Å². The third-order valence-electron chi connectivity index (χ3n) is 4.67. The minimum atomic E-state index is -0.419. The van der Waals surface area contributed by atoms with E-state index in [1.807, 2.05) is 44.2 Å². The first-order valence-electron chi connectivity index (χ1n) is 7.44. The minimum Gasteiger partial charge on any atom is -0.444 e. The maximum Gasteiger partial charge on any atom is 0.205 e. The summed E-state index contributed by atoms with van der Waals surface area (Å²) in [5, 5.41) is 9.49. The molecule has 2 N–H and O–H groups in total. The standard InChI is InChI=1S/C18H18N2O2/c1-10-8-14-16(17(21)11(10)2)15(12-6-4-3-5-7-12)13(9-19)18(20)22-14/h3-7,10-11,15H,8,20H2,1-2H3/t10-,11+,15-/m0/s1. The molecule has 112 valence electrons. The summed E-state index contributed by atoms with van der Waals surface area (Å²) >= 11 is 0. The highest BCUT2D eigenvalue weighted by Crippen LogP contribution is 2.45. The molecule has 0 unspecified atom stereocenters. The van der Waals surface area contributed by atoms with Crippen LogP contribution < -0.4 is 5.73 Å². The zero-order valence-electron chi connectivity index (χ0n) is 12.7. The van der Waals surface area contributed by atoms with Crippen LogP contribution in [0.25, 0.3) is 0 Å². The lowest BCUT2D eigenvalue weighted by molar-refractivity contribution is -0.121. The lowest BCUT2D eigenvalue weighted by Gasteiger charge is -2.35. The molecule has 1 aliphatic heterocycles. The van der Waals surface area contributed by atoms with E-state index in [-0.39, 0.29) is 23.5 Å². The van der Waals surface area contributed by atoms with Gasteiger partial charge < -0.3 is 10.5 Å². The Morgan fingerprint density at radius 3 is 2.59 bits per heavy atom. The van der Waals surface area contributed by atoms with Crippen molar-refractivity contribution in [3.8, 4) is 6.07 Å². The minimum absolute atomic E-state index is 0.0582. The van der Waals surface area contributed by atoms with Gasteiger partial charge in [0.25, 0.3) is 0 Å². The summed E-state index contributed by atoms with van der Waals surface area (Å²) in [5.41, 5.74) is 7.75. The van der Waals surface area contributed by atoms with E-state index in [0.717, 1.165) is 5.56 Å². The summed E-state index contributed by atoms with van der Waals surface area (Å²) in [6.45, 7) is 3.97. The molecule has 3 atom stereocenters. The first kappa shape index (κ1) is 14.4. The smallest absolute Gasteiger partial charge is 0.205 e. The summed E-state index contributed by atoms with van der Waals surface area (Å²) in [6, 6.07) is 11.7. The normalized spacial score (nSPS) is 28.0. The summed E-state index contributed by atoms with van der Waals surface area (Å²) in [5.74, 6) is 0.512. The zero-order valence-corrected chi connectivity index (χ0v) is 12.7. The Bertz CT molecular complexity index is 725. The third-order valence-corrected chi connectivity index (χ3v) is 4.67. The molecular weight excluding hydrogens is 276 g/mol. The average Bonchev–Trinajstić information content (AvgIpc) is 2.52. The molecule has 1 aromatic carbocycles. The van der Waals surface area contributed by atoms with Crippen LogP contribution in [0.2, 0.25) is 0 Å². The van der Waals surface area contributed by atoms with Crippen molar-refractivity contribution >= 4 is 5.78 Å². The zero-order chi connectivity index (χ0) is 15.9. The van der Waals surface area contributed by atoms with Gasteiger partial charge in [-0.3, -0.25) is 4.79 Å². The Kier molecular flexibility index (Phi) is 3.50. The molecule has 0 fully saturated rings. The van der Waals surface area contributed by atoms with Crippen LogP contribution in [0, 0.1) is 23.2 Å². The van der Waals surface area contributed by atoms with Crippen molar-refractivity contribution in [1.29, 1.82) is 5.26 Å². The maximum atomic E-state index is 12.8. The van der Waals surface area contributed by atoms with Crippen LogP contribution in [0.3, 0.4) is 0 Å². The fraction of sp³-hybridized carbons (Fsp3) is 0.333. The Morgan fingerprint density at radius 2 is 1.95 bits per heavy atom. The molecule has 0 bridgehead atoms. The first-order chi connectivity index (χ1) is 10.5. The number of Topliss-reactive ketones (excluding diaryl/α,β-unsaturated/α-hetero) is 1. The van der Waals surface area contributed by atoms with E-state index in [1.165, 1.54) is 0 Å². The Balaban J connectivity index is 2.19. The summed E-state index contributed by atoms with van der Waals surface area (Å²) in [7, 11) is 0. The first-order valence-corrected chi connectivity index (χ1v) is 7.44. The largest absolute Gasteiger partial charge is 0.444 e. The number of nitrogens with zero attached hydrogens (tertiary/aromatic N) is 1. The predicted molar refractivity (Wildman–Crippen MR) is 82.1 cm³/mol. The van der Waals surface area contributed by atoms with E-state index >= 15 is 0 Å². The van der Waals surface area contributed by atoms with Gasteiger partial charge in [0, 0.05) is 17.9 Å². The van der Waals surface area contributed by atoms with Gasteiger partial charge in [0.1, 0.15) is 17.4 Å². The maximum absolute atomic E-state index is 12.8. The molecule has 1 aliphatic carbocycles. The van der Waals surface area contributed by atoms with E-state index in [4.69, 9.17) is 10.5 Å². The molecule has 1 aromatic rings. The Labute approximate surface area is 129 Å². The quantitative estimate of drug-likeness (QED) is 0.863.